The van der Waals surface area contributed by atoms with E-state index in [1.807, 2.05) is 0 Å². The van der Waals surface area contributed by atoms with Gasteiger partial charge < -0.3 is 19.4 Å². The summed E-state index contributed by atoms with van der Waals surface area (Å²) >= 11 is 0. The fraction of sp³-hybridized carbons (Fsp3) is 0.600. The maximum absolute atomic E-state index is 9.84. The highest BCUT2D eigenvalue weighted by atomic mass is 16.5. The molecule has 0 fully saturated rings. The van der Waals surface area contributed by atoms with Gasteiger partial charge in [0.05, 0.1) is 6.61 Å². The second kappa shape index (κ2) is 5.40. The van der Waals surface area contributed by atoms with E-state index in [2.05, 4.69) is 4.74 Å². The number of rotatable bonds is 5. The van der Waals surface area contributed by atoms with Crippen LogP contribution in [0, 0.1) is 0 Å². The number of hydrogen-bond donors (Lipinski definition) is 1. The number of hydrogen-bond acceptors (Lipinski definition) is 4. The summed E-state index contributed by atoms with van der Waals surface area (Å²) in [4.78, 5) is 19.5. The smallest absolute Gasteiger partial charge is 0.151 e. The van der Waals surface area contributed by atoms with Crippen molar-refractivity contribution in [3.63, 3.8) is 0 Å². The molecule has 0 saturated carbocycles. The number of carbonyl (C=O) groups excluding carboxylic acids is 2. The van der Waals surface area contributed by atoms with Gasteiger partial charge in [-0.15, -0.1) is 0 Å². The van der Waals surface area contributed by atoms with E-state index in [1.54, 1.807) is 0 Å². The van der Waals surface area contributed by atoms with Gasteiger partial charge in [0.25, 0.3) is 0 Å². The zero-order valence-corrected chi connectivity index (χ0v) is 4.82. The Morgan fingerprint density at radius 3 is 2.56 bits per heavy atom. The van der Waals surface area contributed by atoms with Crippen LogP contribution in [-0.4, -0.2) is 37.0 Å². The van der Waals surface area contributed by atoms with Crippen molar-refractivity contribution in [3.05, 3.63) is 0 Å². The summed E-state index contributed by atoms with van der Waals surface area (Å²) in [5, 5.41) is 8.28. The van der Waals surface area contributed by atoms with E-state index in [0.29, 0.717) is 12.6 Å². The Balaban J connectivity index is 3.30. The largest absolute Gasteiger partial charge is 0.393 e. The van der Waals surface area contributed by atoms with E-state index in [9.17, 15) is 9.59 Å². The Morgan fingerprint density at radius 1 is 1.56 bits per heavy atom. The molecular weight excluding hydrogens is 124 g/mol. The van der Waals surface area contributed by atoms with Crippen LogP contribution >= 0.6 is 0 Å². The normalized spacial score (nSPS) is 12.6. The van der Waals surface area contributed by atoms with Gasteiger partial charge in [-0.2, -0.15) is 0 Å². The van der Waals surface area contributed by atoms with E-state index >= 15 is 0 Å². The summed E-state index contributed by atoms with van der Waals surface area (Å²) in [6.07, 6.45) is 0.116. The summed E-state index contributed by atoms with van der Waals surface area (Å²) in [7, 11) is 0. The van der Waals surface area contributed by atoms with Crippen molar-refractivity contribution in [2.75, 3.05) is 13.2 Å². The van der Waals surface area contributed by atoms with Crippen LogP contribution < -0.4 is 0 Å². The molecule has 0 heterocycles. The number of aliphatic hydroxyl groups is 1. The van der Waals surface area contributed by atoms with Crippen LogP contribution in [0.2, 0.25) is 0 Å². The summed E-state index contributed by atoms with van der Waals surface area (Å²) in [6, 6.07) is 0. The molecule has 0 rings (SSSR count). The van der Waals surface area contributed by atoms with Gasteiger partial charge in [0.1, 0.15) is 19.0 Å². The summed E-state index contributed by atoms with van der Waals surface area (Å²) < 4.78 is 4.50. The first-order valence-electron chi connectivity index (χ1n) is 2.46. The molecule has 4 heteroatoms. The molecule has 0 aliphatic carbocycles. The number of aliphatic hydroxyl groups excluding tert-OH is 1. The van der Waals surface area contributed by atoms with Crippen molar-refractivity contribution >= 4 is 12.6 Å². The Morgan fingerprint density at radius 2 is 2.22 bits per heavy atom. The van der Waals surface area contributed by atoms with Crippen LogP contribution in [0.1, 0.15) is 0 Å². The minimum atomic E-state index is -0.852. The Hall–Kier alpha value is -0.740. The molecule has 0 aliphatic heterocycles. The molecule has 0 unspecified atom stereocenters. The lowest BCUT2D eigenvalue weighted by atomic mass is 10.4. The molecule has 9 heavy (non-hydrogen) atoms. The second-order valence-electron chi connectivity index (χ2n) is 1.36. The molecule has 0 spiro atoms. The van der Waals surface area contributed by atoms with Gasteiger partial charge in [0.15, 0.2) is 6.29 Å². The third kappa shape index (κ3) is 3.81. The van der Waals surface area contributed by atoms with Crippen LogP contribution in [0.15, 0.2) is 0 Å². The molecule has 0 aliphatic rings. The van der Waals surface area contributed by atoms with E-state index in [-0.39, 0.29) is 13.2 Å². The summed E-state index contributed by atoms with van der Waals surface area (Å²) in [5.74, 6) is 0. The van der Waals surface area contributed by atoms with Crippen LogP contribution in [-0.2, 0) is 14.3 Å². The molecule has 0 amide bonds. The van der Waals surface area contributed by atoms with Gasteiger partial charge in [-0.25, -0.2) is 0 Å². The predicted molar refractivity (Wildman–Crippen MR) is 29.0 cm³/mol. The van der Waals surface area contributed by atoms with Crippen molar-refractivity contribution in [1.29, 1.82) is 0 Å². The van der Waals surface area contributed by atoms with Crippen molar-refractivity contribution < 1.29 is 19.4 Å². The minimum Gasteiger partial charge on any atom is -0.393 e. The van der Waals surface area contributed by atoms with Gasteiger partial charge >= 0.3 is 0 Å². The lowest BCUT2D eigenvalue weighted by Crippen LogP contribution is -2.19. The second-order valence-corrected chi connectivity index (χ2v) is 1.36. The minimum absolute atomic E-state index is 0.149. The van der Waals surface area contributed by atoms with E-state index < -0.39 is 6.10 Å². The maximum atomic E-state index is 9.84. The highest BCUT2D eigenvalue weighted by molar-refractivity contribution is 5.57. The summed E-state index contributed by atoms with van der Waals surface area (Å²) in [6.45, 7) is -0.526. The van der Waals surface area contributed by atoms with Crippen molar-refractivity contribution in [2.24, 2.45) is 0 Å². The SMILES string of the molecule is O=CCO[C@@H](C=O)CO. The first kappa shape index (κ1) is 8.26. The molecule has 0 aromatic carbocycles. The highest BCUT2D eigenvalue weighted by Crippen LogP contribution is 1.82. The highest BCUT2D eigenvalue weighted by Gasteiger charge is 2.02. The molecule has 52 valence electrons. The monoisotopic (exact) mass is 132 g/mol. The third-order valence-electron chi connectivity index (χ3n) is 0.710. The third-order valence-corrected chi connectivity index (χ3v) is 0.710. The van der Waals surface area contributed by atoms with Gasteiger partial charge in [-0.05, 0) is 0 Å². The van der Waals surface area contributed by atoms with E-state index in [0.717, 1.165) is 0 Å². The Labute approximate surface area is 52.4 Å². The Bertz CT molecular complexity index is 91.0. The molecule has 0 aromatic rings. The number of aldehydes is 2. The van der Waals surface area contributed by atoms with Gasteiger partial charge in [0.2, 0.25) is 0 Å². The predicted octanol–water partition coefficient (Wildman–Crippen LogP) is -1.24. The molecule has 0 bridgehead atoms. The lowest BCUT2D eigenvalue weighted by molar-refractivity contribution is -0.124. The van der Waals surface area contributed by atoms with Crippen molar-refractivity contribution in [3.8, 4) is 0 Å². The first-order valence-corrected chi connectivity index (χ1v) is 2.46. The average Bonchev–Trinajstić information content (AvgIpc) is 1.91. The maximum Gasteiger partial charge on any atom is 0.151 e. The van der Waals surface area contributed by atoms with Crippen LogP contribution in [0.4, 0.5) is 0 Å². The van der Waals surface area contributed by atoms with Crippen LogP contribution in [0.5, 0.6) is 0 Å². The molecular formula is C5H8O4. The van der Waals surface area contributed by atoms with Crippen LogP contribution in [0.3, 0.4) is 0 Å². The number of carbonyl (C=O) groups is 2. The van der Waals surface area contributed by atoms with E-state index in [1.165, 1.54) is 0 Å². The zero-order valence-electron chi connectivity index (χ0n) is 4.82. The van der Waals surface area contributed by atoms with Crippen molar-refractivity contribution in [2.45, 2.75) is 6.10 Å². The lowest BCUT2D eigenvalue weighted by Gasteiger charge is -2.03. The van der Waals surface area contributed by atoms with Gasteiger partial charge in [-0.1, -0.05) is 0 Å². The average molecular weight is 132 g/mol. The topological polar surface area (TPSA) is 63.6 Å². The number of ether oxygens (including phenoxy) is 1. The molecule has 1 atom stereocenters. The summed E-state index contributed by atoms with van der Waals surface area (Å²) in [5.41, 5.74) is 0. The van der Waals surface area contributed by atoms with Gasteiger partial charge in [0, 0.05) is 0 Å². The Kier molecular flexibility index (Phi) is 4.95. The zero-order chi connectivity index (χ0) is 7.11. The van der Waals surface area contributed by atoms with Crippen molar-refractivity contribution in [1.82, 2.24) is 0 Å². The molecule has 0 aromatic heterocycles. The van der Waals surface area contributed by atoms with E-state index in [4.69, 9.17) is 5.11 Å². The molecule has 0 radical (unpaired) electrons. The fourth-order valence-electron chi connectivity index (χ4n) is 0.298. The van der Waals surface area contributed by atoms with Gasteiger partial charge in [-0.3, -0.25) is 0 Å². The molecule has 4 nitrogen and oxygen atoms in total. The molecule has 0 saturated heterocycles. The first-order chi connectivity index (χ1) is 4.35. The molecule has 1 N–H and O–H groups in total. The van der Waals surface area contributed by atoms with Crippen LogP contribution in [0.25, 0.3) is 0 Å². The fourth-order valence-corrected chi connectivity index (χ4v) is 0.298. The standard InChI is InChI=1S/C5H8O4/c6-1-2-9-5(3-7)4-8/h1,3,5,8H,2,4H2/t5-/m0/s1. The quantitative estimate of drug-likeness (QED) is 0.475.